The van der Waals surface area contributed by atoms with E-state index in [1.165, 1.54) is 87.0 Å². The van der Waals surface area contributed by atoms with Gasteiger partial charge in [-0.05, 0) is 79.0 Å². The average molecular weight is 436 g/mol. The molecule has 167 valence electrons. The van der Waals surface area contributed by atoms with E-state index in [1.807, 2.05) is 12.1 Å². The molecule has 2 aliphatic rings. The molecular formula is C29H40FSi. The van der Waals surface area contributed by atoms with E-state index in [-0.39, 0.29) is 14.6 Å². The molecule has 4 rings (SSSR count). The van der Waals surface area contributed by atoms with Gasteiger partial charge in [0.1, 0.15) is 5.82 Å². The van der Waals surface area contributed by atoms with E-state index in [4.69, 9.17) is 0 Å². The van der Waals surface area contributed by atoms with Gasteiger partial charge < -0.3 is 0 Å². The molecule has 0 spiro atoms. The maximum atomic E-state index is 15.1. The highest BCUT2D eigenvalue weighted by Gasteiger charge is 2.24. The monoisotopic (exact) mass is 435 g/mol. The third-order valence-corrected chi connectivity index (χ3v) is 11.2. The van der Waals surface area contributed by atoms with Crippen LogP contribution in [0.25, 0.3) is 11.1 Å². The zero-order valence-corrected chi connectivity index (χ0v) is 20.6. The Labute approximate surface area is 191 Å². The van der Waals surface area contributed by atoms with E-state index in [9.17, 15) is 0 Å². The highest BCUT2D eigenvalue weighted by molar-refractivity contribution is 6.59. The Morgan fingerprint density at radius 3 is 2.03 bits per heavy atom. The van der Waals surface area contributed by atoms with Crippen LogP contribution in [-0.4, -0.2) is 8.80 Å². The Balaban J connectivity index is 1.39. The molecule has 2 fully saturated rings. The Morgan fingerprint density at radius 2 is 1.42 bits per heavy atom. The lowest BCUT2D eigenvalue weighted by atomic mass is 9.77. The van der Waals surface area contributed by atoms with Crippen molar-refractivity contribution in [2.45, 2.75) is 102 Å². The summed E-state index contributed by atoms with van der Waals surface area (Å²) in [6.07, 6.45) is 12.0. The molecule has 0 nitrogen and oxygen atoms in total. The van der Waals surface area contributed by atoms with Crippen LogP contribution in [0.1, 0.15) is 94.6 Å². The summed E-state index contributed by atoms with van der Waals surface area (Å²) in [5.41, 5.74) is 4.44. The maximum absolute atomic E-state index is 15.1. The van der Waals surface area contributed by atoms with E-state index >= 15 is 4.39 Å². The van der Waals surface area contributed by atoms with Crippen molar-refractivity contribution in [1.29, 1.82) is 0 Å². The highest BCUT2D eigenvalue weighted by Crippen LogP contribution is 2.39. The number of rotatable bonds is 7. The van der Waals surface area contributed by atoms with Crippen LogP contribution in [0.3, 0.4) is 0 Å². The fraction of sp³-hybridized carbons (Fsp3) is 0.586. The first-order chi connectivity index (χ1) is 15.2. The van der Waals surface area contributed by atoms with Gasteiger partial charge in [0.15, 0.2) is 0 Å². The van der Waals surface area contributed by atoms with Crippen molar-refractivity contribution in [2.75, 3.05) is 0 Å². The van der Waals surface area contributed by atoms with Gasteiger partial charge in [0.2, 0.25) is 0 Å². The highest BCUT2D eigenvalue weighted by atomic mass is 28.3. The smallest absolute Gasteiger partial charge is 0.131 e. The first kappa shape index (κ1) is 22.8. The van der Waals surface area contributed by atoms with Crippen LogP contribution >= 0.6 is 0 Å². The van der Waals surface area contributed by atoms with Gasteiger partial charge in [-0.1, -0.05) is 87.6 Å². The van der Waals surface area contributed by atoms with Crippen molar-refractivity contribution in [1.82, 2.24) is 0 Å². The predicted octanol–water partition coefficient (Wildman–Crippen LogP) is 9.35. The molecule has 2 aromatic carbocycles. The fourth-order valence-corrected chi connectivity index (χ4v) is 9.08. The van der Waals surface area contributed by atoms with Crippen LogP contribution < -0.4 is 0 Å². The minimum atomic E-state index is -0.112. The fourth-order valence-electron chi connectivity index (χ4n) is 6.11. The van der Waals surface area contributed by atoms with Crippen LogP contribution in [0.4, 0.5) is 4.39 Å². The lowest BCUT2D eigenvalue weighted by Gasteiger charge is -2.28. The number of hydrogen-bond donors (Lipinski definition) is 0. The molecule has 0 N–H and O–H groups in total. The summed E-state index contributed by atoms with van der Waals surface area (Å²) in [7, 11) is -0.112. The van der Waals surface area contributed by atoms with E-state index < -0.39 is 0 Å². The first-order valence-corrected chi connectivity index (χ1v) is 15.0. The summed E-state index contributed by atoms with van der Waals surface area (Å²) in [5, 5.41) is 0. The van der Waals surface area contributed by atoms with Crippen molar-refractivity contribution in [3.8, 4) is 11.1 Å². The summed E-state index contributed by atoms with van der Waals surface area (Å²) in [4.78, 5) is 0. The molecule has 2 aromatic rings. The van der Waals surface area contributed by atoms with Crippen molar-refractivity contribution in [2.24, 2.45) is 5.92 Å². The largest absolute Gasteiger partial charge is 0.206 e. The second-order valence-electron chi connectivity index (χ2n) is 10.1. The molecule has 1 saturated heterocycles. The van der Waals surface area contributed by atoms with Crippen LogP contribution in [0.5, 0.6) is 0 Å². The lowest BCUT2D eigenvalue weighted by molar-refractivity contribution is 0.308. The average Bonchev–Trinajstić information content (AvgIpc) is 2.81. The summed E-state index contributed by atoms with van der Waals surface area (Å²) >= 11 is 0. The summed E-state index contributed by atoms with van der Waals surface area (Å²) in [5.74, 6) is 2.16. The molecule has 0 unspecified atom stereocenters. The Bertz CT molecular complexity index is 811. The van der Waals surface area contributed by atoms with Gasteiger partial charge in [0.25, 0.3) is 0 Å². The van der Waals surface area contributed by atoms with E-state index in [2.05, 4.69) is 44.2 Å². The Kier molecular flexibility index (Phi) is 8.04. The second kappa shape index (κ2) is 10.9. The van der Waals surface area contributed by atoms with Crippen LogP contribution in [0, 0.1) is 11.7 Å². The molecule has 0 amide bonds. The summed E-state index contributed by atoms with van der Waals surface area (Å²) < 4.78 is 15.1. The van der Waals surface area contributed by atoms with Gasteiger partial charge in [-0.15, -0.1) is 0 Å². The summed E-state index contributed by atoms with van der Waals surface area (Å²) in [6, 6.07) is 19.1. The first-order valence-electron chi connectivity index (χ1n) is 12.9. The van der Waals surface area contributed by atoms with Gasteiger partial charge in [0, 0.05) is 14.4 Å². The third kappa shape index (κ3) is 5.69. The molecule has 1 saturated carbocycles. The van der Waals surface area contributed by atoms with E-state index in [0.29, 0.717) is 11.8 Å². The number of benzene rings is 2. The molecule has 0 aromatic heterocycles. The quantitative estimate of drug-likeness (QED) is 0.380. The molecule has 1 aliphatic heterocycles. The summed E-state index contributed by atoms with van der Waals surface area (Å²) in [6.45, 7) is 4.61. The van der Waals surface area contributed by atoms with Gasteiger partial charge in [0.05, 0.1) is 0 Å². The predicted molar refractivity (Wildman–Crippen MR) is 134 cm³/mol. The Hall–Kier alpha value is -1.41. The van der Waals surface area contributed by atoms with Crippen LogP contribution in [0.2, 0.25) is 18.1 Å². The van der Waals surface area contributed by atoms with Gasteiger partial charge >= 0.3 is 0 Å². The minimum absolute atomic E-state index is 0.0463. The molecular weight excluding hydrogens is 395 g/mol. The lowest BCUT2D eigenvalue weighted by Crippen LogP contribution is -2.20. The molecule has 0 atom stereocenters. The second-order valence-corrected chi connectivity index (χ2v) is 13.1. The number of hydrogen-bond acceptors (Lipinski definition) is 0. The van der Waals surface area contributed by atoms with Crippen molar-refractivity contribution < 1.29 is 4.39 Å². The molecule has 1 aliphatic carbocycles. The van der Waals surface area contributed by atoms with Crippen LogP contribution in [-0.2, 0) is 0 Å². The standard InChI is InChI=1S/C29H40FSi/c1-3-5-22-6-8-23(9-7-22)24-10-12-26(13-11-24)28-15-14-27(21-29(28)30)25-16-19-31(18-4-2)20-17-25/h10-15,21-23,25H,3-9,16-20H2,1-2H3. The van der Waals surface area contributed by atoms with Crippen molar-refractivity contribution in [3.05, 3.63) is 59.4 Å². The topological polar surface area (TPSA) is 0 Å². The van der Waals surface area contributed by atoms with Crippen molar-refractivity contribution in [3.63, 3.8) is 0 Å². The van der Waals surface area contributed by atoms with E-state index in [1.54, 1.807) is 0 Å². The zero-order chi connectivity index (χ0) is 21.6. The van der Waals surface area contributed by atoms with Gasteiger partial charge in [-0.3, -0.25) is 0 Å². The molecule has 31 heavy (non-hydrogen) atoms. The Morgan fingerprint density at radius 1 is 0.774 bits per heavy atom. The van der Waals surface area contributed by atoms with E-state index in [0.717, 1.165) is 17.0 Å². The molecule has 1 radical (unpaired) electrons. The maximum Gasteiger partial charge on any atom is 0.131 e. The van der Waals surface area contributed by atoms with Crippen LogP contribution in [0.15, 0.2) is 42.5 Å². The normalized spacial score (nSPS) is 23.2. The van der Waals surface area contributed by atoms with Gasteiger partial charge in [-0.25, -0.2) is 4.39 Å². The van der Waals surface area contributed by atoms with Crippen molar-refractivity contribution >= 4 is 8.80 Å². The van der Waals surface area contributed by atoms with Gasteiger partial charge in [-0.2, -0.15) is 0 Å². The number of halogens is 1. The zero-order valence-electron chi connectivity index (χ0n) is 19.6. The minimum Gasteiger partial charge on any atom is -0.206 e. The molecule has 2 heteroatoms. The SMILES string of the molecule is CCCC1CCC(c2ccc(-c3ccc(C4CC[Si](CCC)CC4)cc3F)cc2)CC1. The molecule has 0 bridgehead atoms. The third-order valence-electron chi connectivity index (χ3n) is 8.00. The molecule has 1 heterocycles.